The van der Waals surface area contributed by atoms with Crippen molar-refractivity contribution in [3.63, 3.8) is 0 Å². The van der Waals surface area contributed by atoms with E-state index >= 15 is 0 Å². The number of amides is 1. The zero-order valence-electron chi connectivity index (χ0n) is 18.2. The van der Waals surface area contributed by atoms with Gasteiger partial charge in [0.2, 0.25) is 0 Å². The lowest BCUT2D eigenvalue weighted by molar-refractivity contribution is 0.0240. The molecule has 0 atom stereocenters. The van der Waals surface area contributed by atoms with Gasteiger partial charge in [0.25, 0.3) is 0 Å². The summed E-state index contributed by atoms with van der Waals surface area (Å²) in [5.74, 6) is 0.358. The summed E-state index contributed by atoms with van der Waals surface area (Å²) in [5.41, 5.74) is 0.847. The number of benzene rings is 1. The van der Waals surface area contributed by atoms with E-state index in [9.17, 15) is 9.18 Å². The summed E-state index contributed by atoms with van der Waals surface area (Å²) in [7, 11) is 1.68. The first-order valence-electron chi connectivity index (χ1n) is 9.80. The molecular formula is C21H33FIN5O2. The number of guanidine groups is 1. The van der Waals surface area contributed by atoms with Crippen LogP contribution in [-0.4, -0.2) is 62.3 Å². The highest BCUT2D eigenvalue weighted by Gasteiger charge is 2.26. The van der Waals surface area contributed by atoms with Crippen LogP contribution in [0.4, 0.5) is 14.9 Å². The minimum Gasteiger partial charge on any atom is -0.444 e. The predicted molar refractivity (Wildman–Crippen MR) is 130 cm³/mol. The number of ether oxygens (including phenoxy) is 1. The number of carbonyl (C=O) groups is 1. The molecule has 1 aromatic carbocycles. The van der Waals surface area contributed by atoms with E-state index in [1.54, 1.807) is 24.1 Å². The zero-order chi connectivity index (χ0) is 21.4. The maximum absolute atomic E-state index is 14.7. The lowest BCUT2D eigenvalue weighted by Gasteiger charge is -2.36. The molecule has 0 aliphatic carbocycles. The highest BCUT2D eigenvalue weighted by atomic mass is 127. The van der Waals surface area contributed by atoms with Gasteiger partial charge in [-0.25, -0.2) is 9.18 Å². The molecule has 1 aliphatic rings. The average Bonchev–Trinajstić information content (AvgIpc) is 2.67. The van der Waals surface area contributed by atoms with Crippen LogP contribution in [0, 0.1) is 5.82 Å². The lowest BCUT2D eigenvalue weighted by Crippen LogP contribution is -2.50. The molecule has 30 heavy (non-hydrogen) atoms. The van der Waals surface area contributed by atoms with Gasteiger partial charge < -0.3 is 25.2 Å². The standard InChI is InChI=1S/C21H32FN5O2.HI/c1-6-9-24-19(23-5)25-15-16-7-8-18(17(22)14-16)26-10-12-27(13-11-26)20(28)29-21(2,3)4;/h6-8,14H,1,9-13,15H2,2-5H3,(H2,23,24,25);1H. The van der Waals surface area contributed by atoms with Crippen LogP contribution in [-0.2, 0) is 11.3 Å². The summed E-state index contributed by atoms with van der Waals surface area (Å²) in [4.78, 5) is 19.9. The van der Waals surface area contributed by atoms with Crippen molar-refractivity contribution in [3.05, 3.63) is 42.2 Å². The molecule has 2 N–H and O–H groups in total. The van der Waals surface area contributed by atoms with Gasteiger partial charge in [-0.05, 0) is 38.5 Å². The number of rotatable bonds is 5. The van der Waals surface area contributed by atoms with E-state index in [0.29, 0.717) is 50.9 Å². The number of halogens is 2. The van der Waals surface area contributed by atoms with Crippen molar-refractivity contribution >= 4 is 41.7 Å². The van der Waals surface area contributed by atoms with Gasteiger partial charge in [-0.15, -0.1) is 30.6 Å². The second-order valence-electron chi connectivity index (χ2n) is 7.84. The maximum Gasteiger partial charge on any atom is 0.410 e. The topological polar surface area (TPSA) is 69.2 Å². The molecule has 0 bridgehead atoms. The number of anilines is 1. The van der Waals surface area contributed by atoms with Crippen LogP contribution in [0.2, 0.25) is 0 Å². The first-order chi connectivity index (χ1) is 13.7. The molecule has 0 aromatic heterocycles. The second-order valence-corrected chi connectivity index (χ2v) is 7.84. The van der Waals surface area contributed by atoms with Crippen LogP contribution in [0.5, 0.6) is 0 Å². The van der Waals surface area contributed by atoms with Crippen molar-refractivity contribution in [2.45, 2.75) is 32.9 Å². The normalized spacial score (nSPS) is 14.6. The third-order valence-electron chi connectivity index (χ3n) is 4.38. The van der Waals surface area contributed by atoms with E-state index in [4.69, 9.17) is 4.74 Å². The molecule has 1 saturated heterocycles. The number of hydrogen-bond donors (Lipinski definition) is 2. The Morgan fingerprint density at radius 2 is 1.93 bits per heavy atom. The summed E-state index contributed by atoms with van der Waals surface area (Å²) < 4.78 is 20.1. The van der Waals surface area contributed by atoms with Crippen LogP contribution in [0.15, 0.2) is 35.8 Å². The van der Waals surface area contributed by atoms with Gasteiger partial charge in [-0.2, -0.15) is 0 Å². The largest absolute Gasteiger partial charge is 0.444 e. The van der Waals surface area contributed by atoms with Crippen molar-refractivity contribution in [1.29, 1.82) is 0 Å². The Kier molecular flexibility index (Phi) is 10.4. The molecule has 0 radical (unpaired) electrons. The van der Waals surface area contributed by atoms with E-state index in [0.717, 1.165) is 5.56 Å². The Hall–Kier alpha value is -2.04. The molecule has 0 unspecified atom stereocenters. The number of aliphatic imine (C=N–C) groups is 1. The molecule has 0 saturated carbocycles. The fourth-order valence-electron chi connectivity index (χ4n) is 2.95. The van der Waals surface area contributed by atoms with Gasteiger partial charge in [-0.3, -0.25) is 4.99 Å². The van der Waals surface area contributed by atoms with E-state index in [1.165, 1.54) is 6.07 Å². The summed E-state index contributed by atoms with van der Waals surface area (Å²) >= 11 is 0. The predicted octanol–water partition coefficient (Wildman–Crippen LogP) is 3.35. The minimum atomic E-state index is -0.520. The quantitative estimate of drug-likeness (QED) is 0.263. The van der Waals surface area contributed by atoms with Crippen LogP contribution < -0.4 is 15.5 Å². The monoisotopic (exact) mass is 533 g/mol. The number of nitrogens with zero attached hydrogens (tertiary/aromatic N) is 3. The van der Waals surface area contributed by atoms with Gasteiger partial charge in [0, 0.05) is 46.3 Å². The molecule has 168 valence electrons. The number of hydrogen-bond acceptors (Lipinski definition) is 4. The van der Waals surface area contributed by atoms with E-state index in [1.807, 2.05) is 31.7 Å². The molecule has 1 aromatic rings. The summed E-state index contributed by atoms with van der Waals surface area (Å²) in [6, 6.07) is 5.21. The molecular weight excluding hydrogens is 500 g/mol. The minimum absolute atomic E-state index is 0. The van der Waals surface area contributed by atoms with Crippen molar-refractivity contribution in [2.75, 3.05) is 44.7 Å². The molecule has 1 heterocycles. The SMILES string of the molecule is C=CCNC(=NC)NCc1ccc(N2CCN(C(=O)OC(C)(C)C)CC2)c(F)c1.I. The third-order valence-corrected chi connectivity index (χ3v) is 4.38. The van der Waals surface area contributed by atoms with Crippen molar-refractivity contribution in [1.82, 2.24) is 15.5 Å². The molecule has 7 nitrogen and oxygen atoms in total. The fourth-order valence-corrected chi connectivity index (χ4v) is 2.95. The smallest absolute Gasteiger partial charge is 0.410 e. The summed E-state index contributed by atoms with van der Waals surface area (Å²) in [5, 5.41) is 6.21. The maximum atomic E-state index is 14.7. The number of carbonyl (C=O) groups excluding carboxylic acids is 1. The van der Waals surface area contributed by atoms with Crippen molar-refractivity contribution in [2.24, 2.45) is 4.99 Å². The molecule has 1 amide bonds. The highest BCUT2D eigenvalue weighted by Crippen LogP contribution is 2.22. The van der Waals surface area contributed by atoms with Crippen LogP contribution in [0.25, 0.3) is 0 Å². The van der Waals surface area contributed by atoms with Crippen molar-refractivity contribution in [3.8, 4) is 0 Å². The molecule has 1 fully saturated rings. The first kappa shape index (κ1) is 26.0. The molecule has 2 rings (SSSR count). The Morgan fingerprint density at radius 1 is 1.27 bits per heavy atom. The van der Waals surface area contributed by atoms with Gasteiger partial charge >= 0.3 is 6.09 Å². The van der Waals surface area contributed by atoms with Gasteiger partial charge in [0.05, 0.1) is 5.69 Å². The molecule has 9 heteroatoms. The Morgan fingerprint density at radius 3 is 2.47 bits per heavy atom. The summed E-state index contributed by atoms with van der Waals surface area (Å²) in [6.07, 6.45) is 1.42. The van der Waals surface area contributed by atoms with E-state index < -0.39 is 5.60 Å². The zero-order valence-corrected chi connectivity index (χ0v) is 20.5. The Bertz CT molecular complexity index is 743. The van der Waals surface area contributed by atoms with Gasteiger partial charge in [-0.1, -0.05) is 12.1 Å². The molecule has 1 aliphatic heterocycles. The average molecular weight is 533 g/mol. The first-order valence-corrected chi connectivity index (χ1v) is 9.80. The van der Waals surface area contributed by atoms with Crippen molar-refractivity contribution < 1.29 is 13.9 Å². The Balaban J connectivity index is 0.00000450. The van der Waals surface area contributed by atoms with E-state index in [2.05, 4.69) is 22.2 Å². The van der Waals surface area contributed by atoms with Crippen LogP contribution in [0.1, 0.15) is 26.3 Å². The van der Waals surface area contributed by atoms with E-state index in [-0.39, 0.29) is 35.9 Å². The van der Waals surface area contributed by atoms with Crippen LogP contribution in [0.3, 0.4) is 0 Å². The second kappa shape index (κ2) is 12.0. The summed E-state index contributed by atoms with van der Waals surface area (Å²) in [6.45, 7) is 12.4. The number of nitrogens with one attached hydrogen (secondary N) is 2. The lowest BCUT2D eigenvalue weighted by atomic mass is 10.1. The molecule has 0 spiro atoms. The number of piperazine rings is 1. The third kappa shape index (κ3) is 8.00. The van der Waals surface area contributed by atoms with Gasteiger partial charge in [0.15, 0.2) is 5.96 Å². The fraction of sp³-hybridized carbons (Fsp3) is 0.524. The Labute approximate surface area is 195 Å². The van der Waals surface area contributed by atoms with Gasteiger partial charge in [0.1, 0.15) is 11.4 Å². The van der Waals surface area contributed by atoms with Crippen LogP contribution >= 0.6 is 24.0 Å². The highest BCUT2D eigenvalue weighted by molar-refractivity contribution is 14.0.